The highest BCUT2D eigenvalue weighted by molar-refractivity contribution is 8.00. The number of fused-ring (bicyclic) bond motifs is 2. The Labute approximate surface area is 165 Å². The minimum absolute atomic E-state index is 0.320. The highest BCUT2D eigenvalue weighted by Gasteiger charge is 2.56. The zero-order valence-electron chi connectivity index (χ0n) is 14.7. The van der Waals surface area contributed by atoms with E-state index >= 15 is 0 Å². The van der Waals surface area contributed by atoms with Crippen molar-refractivity contribution < 1.29 is 0 Å². The maximum Gasteiger partial charge on any atom is 0.0595 e. The molecule has 0 radical (unpaired) electrons. The highest BCUT2D eigenvalue weighted by Crippen LogP contribution is 2.54. The quantitative estimate of drug-likeness (QED) is 0.557. The molecule has 0 spiro atoms. The molecule has 0 amide bonds. The summed E-state index contributed by atoms with van der Waals surface area (Å²) in [5, 5.41) is 1.98. The summed E-state index contributed by atoms with van der Waals surface area (Å²) in [7, 11) is 2.36. The fraction of sp³-hybridized carbons (Fsp3) is 0.684. The second-order valence-electron chi connectivity index (χ2n) is 6.94. The molecule has 2 saturated heterocycles. The summed E-state index contributed by atoms with van der Waals surface area (Å²) in [6.45, 7) is 4.56. The second kappa shape index (κ2) is 8.00. The van der Waals surface area contributed by atoms with E-state index < -0.39 is 0 Å². The third kappa shape index (κ3) is 3.36. The third-order valence-electron chi connectivity index (χ3n) is 5.86. The Morgan fingerprint density at radius 3 is 2.67 bits per heavy atom. The van der Waals surface area contributed by atoms with Gasteiger partial charge in [-0.15, -0.1) is 0 Å². The Balaban J connectivity index is 1.98. The average molecular weight is 404 g/mol. The lowest BCUT2D eigenvalue weighted by molar-refractivity contribution is 0.0955. The normalized spacial score (nSPS) is 33.1. The highest BCUT2D eigenvalue weighted by atomic mass is 35.5. The van der Waals surface area contributed by atoms with Crippen molar-refractivity contribution in [2.75, 3.05) is 24.3 Å². The molecule has 134 valence electrons. The smallest absolute Gasteiger partial charge is 0.0595 e. The van der Waals surface area contributed by atoms with Gasteiger partial charge in [0, 0.05) is 22.6 Å². The van der Waals surface area contributed by atoms with Crippen LogP contribution in [0.2, 0.25) is 10.0 Å². The lowest BCUT2D eigenvalue weighted by Gasteiger charge is -2.52. The van der Waals surface area contributed by atoms with E-state index in [1.165, 1.54) is 42.1 Å². The first-order chi connectivity index (χ1) is 11.5. The van der Waals surface area contributed by atoms with Crippen molar-refractivity contribution >= 4 is 46.7 Å². The summed E-state index contributed by atoms with van der Waals surface area (Å²) in [5.74, 6) is 4.18. The molecule has 2 aliphatic rings. The lowest BCUT2D eigenvalue weighted by atomic mass is 9.78. The summed E-state index contributed by atoms with van der Waals surface area (Å²) >= 11 is 16.7. The number of halogens is 2. The first kappa shape index (κ1) is 19.2. The molecular formula is C19H27Cl2NS2. The molecule has 4 atom stereocenters. The van der Waals surface area contributed by atoms with Crippen LogP contribution in [0.5, 0.6) is 0 Å². The Morgan fingerprint density at radius 2 is 2.00 bits per heavy atom. The SMILES string of the molecule is CCSC[C@]12CC[C@@H](C[C@@H](c3ccc(Cl)c(Cl)c3)[C@H]1SCC)N2C. The first-order valence-corrected chi connectivity index (χ1v) is 11.9. The molecule has 2 fully saturated rings. The van der Waals surface area contributed by atoms with Gasteiger partial charge >= 0.3 is 0 Å². The van der Waals surface area contributed by atoms with E-state index in [9.17, 15) is 0 Å². The van der Waals surface area contributed by atoms with E-state index in [4.69, 9.17) is 23.2 Å². The Hall–Kier alpha value is 0.460. The van der Waals surface area contributed by atoms with Crippen molar-refractivity contribution in [3.05, 3.63) is 33.8 Å². The number of hydrogen-bond acceptors (Lipinski definition) is 3. The summed E-state index contributed by atoms with van der Waals surface area (Å²) in [6, 6.07) is 6.99. The van der Waals surface area contributed by atoms with Gasteiger partial charge < -0.3 is 0 Å². The number of benzene rings is 1. The predicted octanol–water partition coefficient (Wildman–Crippen LogP) is 6.19. The van der Waals surface area contributed by atoms with Gasteiger partial charge in [-0.05, 0) is 61.4 Å². The third-order valence-corrected chi connectivity index (χ3v) is 9.17. The average Bonchev–Trinajstić information content (AvgIpc) is 2.78. The fourth-order valence-electron chi connectivity index (χ4n) is 4.60. The van der Waals surface area contributed by atoms with Crippen LogP contribution in [0.1, 0.15) is 44.6 Å². The van der Waals surface area contributed by atoms with Gasteiger partial charge in [0.15, 0.2) is 0 Å². The number of rotatable bonds is 6. The van der Waals surface area contributed by atoms with Gasteiger partial charge in [-0.1, -0.05) is 43.1 Å². The maximum atomic E-state index is 6.34. The van der Waals surface area contributed by atoms with Crippen LogP contribution < -0.4 is 0 Å². The van der Waals surface area contributed by atoms with E-state index in [0.717, 1.165) is 0 Å². The molecule has 2 bridgehead atoms. The van der Waals surface area contributed by atoms with Crippen LogP contribution in [0.25, 0.3) is 0 Å². The van der Waals surface area contributed by atoms with Gasteiger partial charge in [-0.25, -0.2) is 0 Å². The molecule has 3 rings (SSSR count). The monoisotopic (exact) mass is 403 g/mol. The molecule has 5 heteroatoms. The van der Waals surface area contributed by atoms with E-state index in [1.807, 2.05) is 6.07 Å². The van der Waals surface area contributed by atoms with Gasteiger partial charge in [0.05, 0.1) is 10.0 Å². The van der Waals surface area contributed by atoms with Crippen LogP contribution in [-0.4, -0.2) is 46.0 Å². The summed E-state index contributed by atoms with van der Waals surface area (Å²) in [5.41, 5.74) is 1.70. The molecule has 2 aliphatic heterocycles. The van der Waals surface area contributed by atoms with Crippen molar-refractivity contribution in [2.45, 2.75) is 55.9 Å². The van der Waals surface area contributed by atoms with E-state index in [1.54, 1.807) is 0 Å². The summed E-state index contributed by atoms with van der Waals surface area (Å²) in [6.07, 6.45) is 3.90. The molecule has 0 aromatic heterocycles. The van der Waals surface area contributed by atoms with Crippen molar-refractivity contribution in [3.8, 4) is 0 Å². The number of hydrogen-bond donors (Lipinski definition) is 0. The topological polar surface area (TPSA) is 3.24 Å². The van der Waals surface area contributed by atoms with Gasteiger partial charge in [-0.2, -0.15) is 23.5 Å². The maximum absolute atomic E-state index is 6.34. The van der Waals surface area contributed by atoms with E-state index in [-0.39, 0.29) is 0 Å². The van der Waals surface area contributed by atoms with Crippen LogP contribution in [-0.2, 0) is 0 Å². The first-order valence-electron chi connectivity index (χ1n) is 8.90. The van der Waals surface area contributed by atoms with Crippen LogP contribution in [0.15, 0.2) is 18.2 Å². The Bertz CT molecular complexity index is 582. The molecule has 0 aliphatic carbocycles. The van der Waals surface area contributed by atoms with Crippen LogP contribution in [0, 0.1) is 0 Å². The number of thioether (sulfide) groups is 2. The van der Waals surface area contributed by atoms with Crippen molar-refractivity contribution in [2.24, 2.45) is 0 Å². The van der Waals surface area contributed by atoms with Crippen molar-refractivity contribution in [1.29, 1.82) is 0 Å². The largest absolute Gasteiger partial charge is 0.296 e. The molecule has 0 unspecified atom stereocenters. The molecule has 24 heavy (non-hydrogen) atoms. The minimum Gasteiger partial charge on any atom is -0.296 e. The molecule has 0 N–H and O–H groups in total. The molecular weight excluding hydrogens is 377 g/mol. The zero-order valence-corrected chi connectivity index (χ0v) is 17.9. The van der Waals surface area contributed by atoms with Gasteiger partial charge in [0.2, 0.25) is 0 Å². The number of nitrogens with zero attached hydrogens (tertiary/aromatic N) is 1. The summed E-state index contributed by atoms with van der Waals surface area (Å²) < 4.78 is 0. The molecule has 1 aromatic carbocycles. The fourth-order valence-corrected chi connectivity index (χ4v) is 7.63. The standard InChI is InChI=1S/C19H27Cl2NS2/c1-4-23-12-19-9-8-14(22(19)3)11-15(18(19)24-5-2)13-6-7-16(20)17(21)10-13/h6-7,10,14-15,18H,4-5,8-9,11-12H2,1-3H3/t14-,15-,18+,19+/m0/s1. The van der Waals surface area contributed by atoms with Gasteiger partial charge in [0.25, 0.3) is 0 Å². The lowest BCUT2D eigenvalue weighted by Crippen LogP contribution is -2.59. The molecule has 2 heterocycles. The van der Waals surface area contributed by atoms with Crippen molar-refractivity contribution in [1.82, 2.24) is 4.90 Å². The van der Waals surface area contributed by atoms with Crippen LogP contribution >= 0.6 is 46.7 Å². The zero-order chi connectivity index (χ0) is 17.3. The van der Waals surface area contributed by atoms with E-state index in [0.29, 0.717) is 32.8 Å². The Morgan fingerprint density at radius 1 is 1.21 bits per heavy atom. The molecule has 1 nitrogen and oxygen atoms in total. The van der Waals surface area contributed by atoms with E-state index in [2.05, 4.69) is 61.5 Å². The molecule has 1 aromatic rings. The Kier molecular flexibility index (Phi) is 6.41. The van der Waals surface area contributed by atoms with Crippen LogP contribution in [0.3, 0.4) is 0 Å². The second-order valence-corrected chi connectivity index (χ2v) is 10.4. The minimum atomic E-state index is 0.320. The molecule has 0 saturated carbocycles. The van der Waals surface area contributed by atoms with Crippen molar-refractivity contribution in [3.63, 3.8) is 0 Å². The predicted molar refractivity (Wildman–Crippen MR) is 112 cm³/mol. The van der Waals surface area contributed by atoms with Gasteiger partial charge in [-0.3, -0.25) is 4.90 Å². The summed E-state index contributed by atoms with van der Waals surface area (Å²) in [4.78, 5) is 2.72. The van der Waals surface area contributed by atoms with Gasteiger partial charge in [0.1, 0.15) is 0 Å². The van der Waals surface area contributed by atoms with Crippen LogP contribution in [0.4, 0.5) is 0 Å². The number of piperidine rings is 1.